The fourth-order valence-corrected chi connectivity index (χ4v) is 4.88. The maximum atomic E-state index is 12.9. The molecule has 1 aromatic heterocycles. The first kappa shape index (κ1) is 18.4. The van der Waals surface area contributed by atoms with Crippen molar-refractivity contribution in [3.63, 3.8) is 0 Å². The largest absolute Gasteiger partial charge is 0.342 e. The number of carbonyl (C=O) groups is 2. The van der Waals surface area contributed by atoms with Gasteiger partial charge in [0.1, 0.15) is 5.01 Å². The van der Waals surface area contributed by atoms with Crippen LogP contribution in [0.25, 0.3) is 0 Å². The first-order valence-corrected chi connectivity index (χ1v) is 10.3. The molecule has 138 valence electrons. The smallest absolute Gasteiger partial charge is 0.226 e. The van der Waals surface area contributed by atoms with E-state index in [0.29, 0.717) is 5.91 Å². The average molecular weight is 364 g/mol. The van der Waals surface area contributed by atoms with Gasteiger partial charge in [0, 0.05) is 43.0 Å². The molecule has 2 fully saturated rings. The summed E-state index contributed by atoms with van der Waals surface area (Å²) in [7, 11) is 1.87. The lowest BCUT2D eigenvalue weighted by atomic mass is 9.93. The van der Waals surface area contributed by atoms with Gasteiger partial charge in [0.25, 0.3) is 0 Å². The normalized spacial score (nSPS) is 20.7. The summed E-state index contributed by atoms with van der Waals surface area (Å²) in [5.74, 6) is 0.779. The maximum Gasteiger partial charge on any atom is 0.226 e. The molecule has 0 aromatic carbocycles. The van der Waals surface area contributed by atoms with Gasteiger partial charge in [-0.15, -0.1) is 11.3 Å². The quantitative estimate of drug-likeness (QED) is 0.824. The van der Waals surface area contributed by atoms with Crippen molar-refractivity contribution < 1.29 is 9.59 Å². The molecule has 0 unspecified atom stereocenters. The Balaban J connectivity index is 1.53. The summed E-state index contributed by atoms with van der Waals surface area (Å²) in [4.78, 5) is 33.7. The first-order chi connectivity index (χ1) is 12.0. The second-order valence-electron chi connectivity index (χ2n) is 7.53. The molecule has 25 heavy (non-hydrogen) atoms. The Bertz CT molecular complexity index is 616. The molecule has 2 aliphatic rings. The number of rotatable bonds is 4. The fraction of sp³-hybridized carbons (Fsp3) is 0.737. The molecule has 3 rings (SSSR count). The van der Waals surface area contributed by atoms with Gasteiger partial charge in [-0.1, -0.05) is 12.8 Å². The van der Waals surface area contributed by atoms with Gasteiger partial charge in [0.15, 0.2) is 0 Å². The van der Waals surface area contributed by atoms with E-state index in [2.05, 4.69) is 4.98 Å². The van der Waals surface area contributed by atoms with E-state index in [0.717, 1.165) is 49.5 Å². The van der Waals surface area contributed by atoms with Crippen LogP contribution in [0.15, 0.2) is 5.38 Å². The molecule has 0 N–H and O–H groups in total. The van der Waals surface area contributed by atoms with Crippen LogP contribution in [0.3, 0.4) is 0 Å². The van der Waals surface area contributed by atoms with Crippen LogP contribution in [-0.4, -0.2) is 46.7 Å². The van der Waals surface area contributed by atoms with Gasteiger partial charge in [-0.2, -0.15) is 0 Å². The van der Waals surface area contributed by atoms with Crippen LogP contribution < -0.4 is 0 Å². The van der Waals surface area contributed by atoms with E-state index in [9.17, 15) is 9.59 Å². The average Bonchev–Trinajstić information content (AvgIpc) is 3.31. The Morgan fingerprint density at radius 2 is 1.84 bits per heavy atom. The molecular formula is C19H29N3O2S. The van der Waals surface area contributed by atoms with Crippen molar-refractivity contribution in [3.05, 3.63) is 16.1 Å². The monoisotopic (exact) mass is 363 g/mol. The fourth-order valence-electron chi connectivity index (χ4n) is 3.99. The SMILES string of the molecule is Cc1csc([C@H](C)N(C)C(=O)C2CCN(C(=O)C3CCCC3)CC2)n1. The van der Waals surface area contributed by atoms with Gasteiger partial charge < -0.3 is 9.80 Å². The van der Waals surface area contributed by atoms with E-state index in [1.165, 1.54) is 12.8 Å². The van der Waals surface area contributed by atoms with Gasteiger partial charge in [-0.05, 0) is 39.5 Å². The Kier molecular flexibility index (Phi) is 5.77. The zero-order chi connectivity index (χ0) is 18.0. The number of carbonyl (C=O) groups excluding carboxylic acids is 2. The van der Waals surface area contributed by atoms with E-state index in [4.69, 9.17) is 0 Å². The Labute approximate surface area is 154 Å². The third-order valence-electron chi connectivity index (χ3n) is 5.78. The molecular weight excluding hydrogens is 334 g/mol. The minimum atomic E-state index is 0.00403. The molecule has 1 atom stereocenters. The summed E-state index contributed by atoms with van der Waals surface area (Å²) >= 11 is 1.61. The lowest BCUT2D eigenvalue weighted by molar-refractivity contribution is -0.142. The highest BCUT2D eigenvalue weighted by Crippen LogP contribution is 2.30. The van der Waals surface area contributed by atoms with E-state index < -0.39 is 0 Å². The number of piperidine rings is 1. The van der Waals surface area contributed by atoms with Crippen LogP contribution in [0, 0.1) is 18.8 Å². The summed E-state index contributed by atoms with van der Waals surface area (Å²) in [5, 5.41) is 3.01. The third kappa shape index (κ3) is 4.05. The number of amides is 2. The van der Waals surface area contributed by atoms with E-state index in [1.807, 2.05) is 36.1 Å². The van der Waals surface area contributed by atoms with E-state index in [1.54, 1.807) is 11.3 Å². The van der Waals surface area contributed by atoms with Gasteiger partial charge in [-0.3, -0.25) is 9.59 Å². The zero-order valence-electron chi connectivity index (χ0n) is 15.5. The molecule has 2 heterocycles. The summed E-state index contributed by atoms with van der Waals surface area (Å²) in [6.07, 6.45) is 6.03. The maximum absolute atomic E-state index is 12.9. The highest BCUT2D eigenvalue weighted by atomic mass is 32.1. The van der Waals surface area contributed by atoms with Crippen LogP contribution in [0.1, 0.15) is 62.2 Å². The number of hydrogen-bond donors (Lipinski definition) is 0. The van der Waals surface area contributed by atoms with E-state index >= 15 is 0 Å². The first-order valence-electron chi connectivity index (χ1n) is 9.45. The second-order valence-corrected chi connectivity index (χ2v) is 8.42. The number of thiazole rings is 1. The Hall–Kier alpha value is -1.43. The molecule has 1 aromatic rings. The molecule has 0 spiro atoms. The second kappa shape index (κ2) is 7.85. The third-order valence-corrected chi connectivity index (χ3v) is 6.92. The topological polar surface area (TPSA) is 53.5 Å². The number of nitrogens with zero attached hydrogens (tertiary/aromatic N) is 3. The number of aryl methyl sites for hydroxylation is 1. The van der Waals surface area contributed by atoms with Crippen LogP contribution in [0.2, 0.25) is 0 Å². The molecule has 0 bridgehead atoms. The van der Waals surface area contributed by atoms with E-state index in [-0.39, 0.29) is 23.8 Å². The van der Waals surface area contributed by atoms with Gasteiger partial charge >= 0.3 is 0 Å². The van der Waals surface area contributed by atoms with Crippen LogP contribution in [0.5, 0.6) is 0 Å². The van der Waals surface area contributed by atoms with Crippen molar-refractivity contribution >= 4 is 23.2 Å². The lowest BCUT2D eigenvalue weighted by Gasteiger charge is -2.35. The van der Waals surface area contributed by atoms with Crippen molar-refractivity contribution in [2.75, 3.05) is 20.1 Å². The summed E-state index contributed by atoms with van der Waals surface area (Å²) in [6, 6.07) is 0.00403. The Morgan fingerprint density at radius 3 is 2.40 bits per heavy atom. The van der Waals surface area contributed by atoms with Gasteiger partial charge in [0.05, 0.1) is 6.04 Å². The molecule has 6 heteroatoms. The minimum absolute atomic E-state index is 0.00403. The standard InChI is InChI=1S/C19H29N3O2S/c1-13-12-25-17(20-13)14(2)21(3)18(23)16-8-10-22(11-9-16)19(24)15-6-4-5-7-15/h12,14-16H,4-11H2,1-3H3/t14-/m0/s1. The molecule has 0 radical (unpaired) electrons. The van der Waals surface area contributed by atoms with Crippen molar-refractivity contribution in [2.45, 2.75) is 58.4 Å². The Morgan fingerprint density at radius 1 is 1.20 bits per heavy atom. The van der Waals surface area contributed by atoms with Crippen molar-refractivity contribution in [3.8, 4) is 0 Å². The predicted molar refractivity (Wildman–Crippen MR) is 99.3 cm³/mol. The van der Waals surface area contributed by atoms with Crippen LogP contribution >= 0.6 is 11.3 Å². The molecule has 1 aliphatic carbocycles. The minimum Gasteiger partial charge on any atom is -0.342 e. The van der Waals surface area contributed by atoms with Gasteiger partial charge in [-0.25, -0.2) is 4.98 Å². The lowest BCUT2D eigenvalue weighted by Crippen LogP contribution is -2.45. The van der Waals surface area contributed by atoms with Crippen molar-refractivity contribution in [2.24, 2.45) is 11.8 Å². The summed E-state index contributed by atoms with van der Waals surface area (Å²) in [6.45, 7) is 5.47. The van der Waals surface area contributed by atoms with Crippen LogP contribution in [-0.2, 0) is 9.59 Å². The number of hydrogen-bond acceptors (Lipinski definition) is 4. The number of aromatic nitrogens is 1. The zero-order valence-corrected chi connectivity index (χ0v) is 16.3. The van der Waals surface area contributed by atoms with Crippen LogP contribution in [0.4, 0.5) is 0 Å². The van der Waals surface area contributed by atoms with Gasteiger partial charge in [0.2, 0.25) is 11.8 Å². The summed E-state index contributed by atoms with van der Waals surface area (Å²) < 4.78 is 0. The highest BCUT2D eigenvalue weighted by molar-refractivity contribution is 7.09. The molecule has 1 aliphatic heterocycles. The van der Waals surface area contributed by atoms with Crippen molar-refractivity contribution in [1.29, 1.82) is 0 Å². The number of likely N-dealkylation sites (tertiary alicyclic amines) is 1. The predicted octanol–water partition coefficient (Wildman–Crippen LogP) is 3.40. The highest BCUT2D eigenvalue weighted by Gasteiger charge is 2.34. The molecule has 5 nitrogen and oxygen atoms in total. The molecule has 1 saturated heterocycles. The molecule has 2 amide bonds. The van der Waals surface area contributed by atoms with Crippen molar-refractivity contribution in [1.82, 2.24) is 14.8 Å². The molecule has 1 saturated carbocycles. The summed E-state index contributed by atoms with van der Waals surface area (Å²) in [5.41, 5.74) is 1.01.